The van der Waals surface area contributed by atoms with E-state index < -0.39 is 17.4 Å². The molecule has 0 N–H and O–H groups in total. The highest BCUT2D eigenvalue weighted by Crippen LogP contribution is 2.28. The lowest BCUT2D eigenvalue weighted by atomic mass is 10.3. The van der Waals surface area contributed by atoms with E-state index in [9.17, 15) is 18.0 Å². The first-order valence-corrected chi connectivity index (χ1v) is 6.46. The molecule has 0 aliphatic heterocycles. The predicted molar refractivity (Wildman–Crippen MR) is 66.6 cm³/mol. The third-order valence-electron chi connectivity index (χ3n) is 2.38. The monoisotopic (exact) mass is 286 g/mol. The molecule has 0 unspecified atom stereocenters. The first-order chi connectivity index (χ1) is 8.93. The molecule has 0 bridgehead atoms. The summed E-state index contributed by atoms with van der Waals surface area (Å²) in [6.45, 7) is 0. The Morgan fingerprint density at radius 2 is 1.84 bits per heavy atom. The average molecular weight is 286 g/mol. The summed E-state index contributed by atoms with van der Waals surface area (Å²) in [5.74, 6) is 0. The standard InChI is InChI=1S/C12H9F3N2OS/c1-19-11-16-9(12(13,14)15)7-10(18)17(11)8-5-3-2-4-6-8/h2-7H,1H3. The van der Waals surface area contributed by atoms with Crippen LogP contribution in [-0.2, 0) is 6.18 Å². The molecular weight excluding hydrogens is 277 g/mol. The van der Waals surface area contributed by atoms with Crippen LogP contribution in [0.3, 0.4) is 0 Å². The number of halogens is 3. The van der Waals surface area contributed by atoms with Crippen molar-refractivity contribution >= 4 is 11.8 Å². The summed E-state index contributed by atoms with van der Waals surface area (Å²) in [5, 5.41) is 0.00558. The molecule has 0 atom stereocenters. The summed E-state index contributed by atoms with van der Waals surface area (Å²) in [5.41, 5.74) is -1.44. The van der Waals surface area contributed by atoms with Gasteiger partial charge in [-0.25, -0.2) is 4.98 Å². The van der Waals surface area contributed by atoms with Crippen molar-refractivity contribution in [3.05, 3.63) is 52.4 Å². The summed E-state index contributed by atoms with van der Waals surface area (Å²) in [7, 11) is 0. The summed E-state index contributed by atoms with van der Waals surface area (Å²) in [6, 6.07) is 8.93. The number of para-hydroxylation sites is 1. The van der Waals surface area contributed by atoms with Crippen molar-refractivity contribution < 1.29 is 13.2 Å². The zero-order chi connectivity index (χ0) is 14.0. The number of hydrogen-bond acceptors (Lipinski definition) is 3. The molecule has 0 fully saturated rings. The van der Waals surface area contributed by atoms with Crippen LogP contribution in [0.5, 0.6) is 0 Å². The zero-order valence-corrected chi connectivity index (χ0v) is 10.6. The first kappa shape index (κ1) is 13.7. The fraction of sp³-hybridized carbons (Fsp3) is 0.167. The van der Waals surface area contributed by atoms with Crippen molar-refractivity contribution in [3.8, 4) is 5.69 Å². The van der Waals surface area contributed by atoms with Gasteiger partial charge in [0.15, 0.2) is 10.9 Å². The van der Waals surface area contributed by atoms with Gasteiger partial charge in [-0.3, -0.25) is 9.36 Å². The van der Waals surface area contributed by atoms with Gasteiger partial charge in [0.1, 0.15) is 0 Å². The summed E-state index contributed by atoms with van der Waals surface area (Å²) < 4.78 is 38.9. The Balaban J connectivity index is 2.67. The molecule has 0 aliphatic rings. The minimum Gasteiger partial charge on any atom is -0.269 e. The van der Waals surface area contributed by atoms with Crippen molar-refractivity contribution in [3.63, 3.8) is 0 Å². The van der Waals surface area contributed by atoms with Crippen molar-refractivity contribution in [2.75, 3.05) is 6.26 Å². The van der Waals surface area contributed by atoms with Gasteiger partial charge in [0, 0.05) is 6.07 Å². The smallest absolute Gasteiger partial charge is 0.269 e. The van der Waals surface area contributed by atoms with Gasteiger partial charge in [0.05, 0.1) is 5.69 Å². The summed E-state index contributed by atoms with van der Waals surface area (Å²) >= 11 is 0.987. The molecule has 1 heterocycles. The summed E-state index contributed by atoms with van der Waals surface area (Å²) in [6.07, 6.45) is -3.05. The molecule has 1 aromatic heterocycles. The van der Waals surface area contributed by atoms with E-state index in [1.807, 2.05) is 0 Å². The van der Waals surface area contributed by atoms with E-state index in [-0.39, 0.29) is 5.16 Å². The highest BCUT2D eigenvalue weighted by molar-refractivity contribution is 7.98. The lowest BCUT2D eigenvalue weighted by Crippen LogP contribution is -2.24. The molecule has 100 valence electrons. The van der Waals surface area contributed by atoms with Gasteiger partial charge < -0.3 is 0 Å². The van der Waals surface area contributed by atoms with Gasteiger partial charge in [-0.1, -0.05) is 30.0 Å². The van der Waals surface area contributed by atoms with Crippen molar-refractivity contribution in [1.29, 1.82) is 0 Å². The van der Waals surface area contributed by atoms with E-state index in [0.29, 0.717) is 11.8 Å². The Morgan fingerprint density at radius 3 is 2.37 bits per heavy atom. The second-order valence-electron chi connectivity index (χ2n) is 3.64. The molecule has 2 aromatic rings. The fourth-order valence-electron chi connectivity index (χ4n) is 1.56. The number of nitrogens with zero attached hydrogens (tertiary/aromatic N) is 2. The van der Waals surface area contributed by atoms with Crippen LogP contribution in [0.1, 0.15) is 5.69 Å². The highest BCUT2D eigenvalue weighted by atomic mass is 32.2. The van der Waals surface area contributed by atoms with E-state index in [1.54, 1.807) is 36.6 Å². The van der Waals surface area contributed by atoms with Gasteiger partial charge in [0.2, 0.25) is 0 Å². The second kappa shape index (κ2) is 5.08. The van der Waals surface area contributed by atoms with E-state index in [0.717, 1.165) is 16.3 Å². The molecule has 0 saturated heterocycles. The van der Waals surface area contributed by atoms with E-state index in [4.69, 9.17) is 0 Å². The van der Waals surface area contributed by atoms with Gasteiger partial charge >= 0.3 is 6.18 Å². The number of benzene rings is 1. The minimum absolute atomic E-state index is 0.00558. The Labute approximate surface area is 111 Å². The number of aromatic nitrogens is 2. The van der Waals surface area contributed by atoms with Crippen LogP contribution in [0.4, 0.5) is 13.2 Å². The van der Waals surface area contributed by atoms with E-state index >= 15 is 0 Å². The summed E-state index contributed by atoms with van der Waals surface area (Å²) in [4.78, 5) is 15.4. The maximum Gasteiger partial charge on any atom is 0.433 e. The van der Waals surface area contributed by atoms with Crippen LogP contribution in [0, 0.1) is 0 Å². The van der Waals surface area contributed by atoms with Crippen LogP contribution < -0.4 is 5.56 Å². The molecule has 1 aromatic carbocycles. The molecule has 2 rings (SSSR count). The Kier molecular flexibility index (Phi) is 3.66. The fourth-order valence-corrected chi connectivity index (χ4v) is 2.13. The van der Waals surface area contributed by atoms with E-state index in [1.165, 1.54) is 0 Å². The Morgan fingerprint density at radius 1 is 1.21 bits per heavy atom. The second-order valence-corrected chi connectivity index (χ2v) is 4.41. The molecule has 0 spiro atoms. The van der Waals surface area contributed by atoms with Crippen LogP contribution in [0.2, 0.25) is 0 Å². The lowest BCUT2D eigenvalue weighted by Gasteiger charge is -2.12. The maximum absolute atomic E-state index is 12.6. The zero-order valence-electron chi connectivity index (χ0n) is 9.81. The maximum atomic E-state index is 12.6. The molecule has 7 heteroatoms. The number of alkyl halides is 3. The van der Waals surface area contributed by atoms with E-state index in [2.05, 4.69) is 4.98 Å². The van der Waals surface area contributed by atoms with Crippen LogP contribution in [0.15, 0.2) is 46.3 Å². The average Bonchev–Trinajstić information content (AvgIpc) is 2.37. The van der Waals surface area contributed by atoms with Crippen LogP contribution in [-0.4, -0.2) is 15.8 Å². The molecule has 0 aliphatic carbocycles. The molecule has 0 saturated carbocycles. The predicted octanol–water partition coefficient (Wildman–Crippen LogP) is 2.97. The SMILES string of the molecule is CSc1nc(C(F)(F)F)cc(=O)n1-c1ccccc1. The minimum atomic E-state index is -4.63. The topological polar surface area (TPSA) is 34.9 Å². The molecule has 19 heavy (non-hydrogen) atoms. The molecular formula is C12H9F3N2OS. The van der Waals surface area contributed by atoms with Crippen molar-refractivity contribution in [2.45, 2.75) is 11.3 Å². The van der Waals surface area contributed by atoms with Crippen LogP contribution >= 0.6 is 11.8 Å². The van der Waals surface area contributed by atoms with Gasteiger partial charge in [0.25, 0.3) is 5.56 Å². The van der Waals surface area contributed by atoms with Crippen LogP contribution in [0.25, 0.3) is 5.69 Å². The number of thioether (sulfide) groups is 1. The highest BCUT2D eigenvalue weighted by Gasteiger charge is 2.34. The lowest BCUT2D eigenvalue weighted by molar-refractivity contribution is -0.141. The van der Waals surface area contributed by atoms with Crippen molar-refractivity contribution in [2.24, 2.45) is 0 Å². The number of hydrogen-bond donors (Lipinski definition) is 0. The normalized spacial score (nSPS) is 11.6. The van der Waals surface area contributed by atoms with Gasteiger partial charge in [-0.05, 0) is 18.4 Å². The van der Waals surface area contributed by atoms with Crippen molar-refractivity contribution in [1.82, 2.24) is 9.55 Å². The Hall–Kier alpha value is -1.76. The third kappa shape index (κ3) is 2.81. The van der Waals surface area contributed by atoms with Gasteiger partial charge in [-0.15, -0.1) is 0 Å². The molecule has 0 amide bonds. The quantitative estimate of drug-likeness (QED) is 0.629. The molecule has 0 radical (unpaired) electrons. The van der Waals surface area contributed by atoms with Gasteiger partial charge in [-0.2, -0.15) is 13.2 Å². The molecule has 3 nitrogen and oxygen atoms in total. The first-order valence-electron chi connectivity index (χ1n) is 5.24. The number of rotatable bonds is 2. The third-order valence-corrected chi connectivity index (χ3v) is 3.01. The largest absolute Gasteiger partial charge is 0.433 e. The Bertz CT molecular complexity index is 638.